The lowest BCUT2D eigenvalue weighted by Gasteiger charge is -2.31. The van der Waals surface area contributed by atoms with Crippen LogP contribution in [0, 0.1) is 19.8 Å². The number of carbonyl (C=O) groups is 2. The molecule has 1 unspecified atom stereocenters. The fraction of sp³-hybridized carbons (Fsp3) is 0.556. The minimum Gasteiger partial charge on any atom is -0.466 e. The Morgan fingerprint density at radius 1 is 1.30 bits per heavy atom. The Balaban J connectivity index is 1.91. The number of anilines is 1. The largest absolute Gasteiger partial charge is 0.466 e. The molecule has 5 nitrogen and oxygen atoms in total. The van der Waals surface area contributed by atoms with Crippen LogP contribution < -0.4 is 5.32 Å². The zero-order valence-corrected chi connectivity index (χ0v) is 14.2. The molecular formula is C18H26N2O3. The Kier molecular flexibility index (Phi) is 6.02. The standard InChI is InChI=1S/C18H26N2O3/c1-4-23-18(22)15-9-6-10-20(12-15)16(21)11-19-17-13(2)7-5-8-14(17)3/h5,7-8,15,19H,4,6,9-12H2,1-3H3. The number of hydrogen-bond donors (Lipinski definition) is 1. The second kappa shape index (κ2) is 7.99. The molecule has 23 heavy (non-hydrogen) atoms. The zero-order valence-electron chi connectivity index (χ0n) is 14.2. The maximum absolute atomic E-state index is 12.4. The number of aryl methyl sites for hydroxylation is 2. The number of amides is 1. The number of benzene rings is 1. The van der Waals surface area contributed by atoms with E-state index < -0.39 is 0 Å². The molecule has 1 heterocycles. The molecule has 1 aliphatic rings. The summed E-state index contributed by atoms with van der Waals surface area (Å²) in [6.07, 6.45) is 1.64. The van der Waals surface area contributed by atoms with Crippen LogP contribution in [0.5, 0.6) is 0 Å². The first-order chi connectivity index (χ1) is 11.0. The van der Waals surface area contributed by atoms with Gasteiger partial charge in [0.15, 0.2) is 0 Å². The highest BCUT2D eigenvalue weighted by atomic mass is 16.5. The third kappa shape index (κ3) is 4.47. The van der Waals surface area contributed by atoms with Gasteiger partial charge in [-0.2, -0.15) is 0 Å². The van der Waals surface area contributed by atoms with Crippen molar-refractivity contribution in [3.05, 3.63) is 29.3 Å². The van der Waals surface area contributed by atoms with Crippen LogP contribution in [0.4, 0.5) is 5.69 Å². The number of carbonyl (C=O) groups excluding carboxylic acids is 2. The number of nitrogens with zero attached hydrogens (tertiary/aromatic N) is 1. The molecule has 1 N–H and O–H groups in total. The van der Waals surface area contributed by atoms with Gasteiger partial charge < -0.3 is 15.0 Å². The van der Waals surface area contributed by atoms with Crippen LogP contribution in [0.2, 0.25) is 0 Å². The van der Waals surface area contributed by atoms with Crippen LogP contribution in [0.15, 0.2) is 18.2 Å². The molecule has 0 spiro atoms. The Morgan fingerprint density at radius 2 is 2.00 bits per heavy atom. The van der Waals surface area contributed by atoms with E-state index in [1.807, 2.05) is 32.0 Å². The quantitative estimate of drug-likeness (QED) is 0.848. The molecule has 0 aromatic heterocycles. The highest BCUT2D eigenvalue weighted by Crippen LogP contribution is 2.20. The number of ether oxygens (including phenoxy) is 1. The number of hydrogen-bond acceptors (Lipinski definition) is 4. The van der Waals surface area contributed by atoms with E-state index in [4.69, 9.17) is 4.74 Å². The minimum atomic E-state index is -0.187. The Hall–Kier alpha value is -2.04. The molecule has 1 fully saturated rings. The van der Waals surface area contributed by atoms with E-state index in [1.54, 1.807) is 11.8 Å². The fourth-order valence-corrected chi connectivity index (χ4v) is 3.03. The summed E-state index contributed by atoms with van der Waals surface area (Å²) >= 11 is 0. The Morgan fingerprint density at radius 3 is 2.65 bits per heavy atom. The molecule has 0 aliphatic carbocycles. The molecular weight excluding hydrogens is 292 g/mol. The van der Waals surface area contributed by atoms with Crippen LogP contribution in [-0.2, 0) is 14.3 Å². The molecule has 1 aromatic rings. The molecule has 1 aliphatic heterocycles. The minimum absolute atomic E-state index is 0.0293. The highest BCUT2D eigenvalue weighted by Gasteiger charge is 2.29. The zero-order chi connectivity index (χ0) is 16.8. The lowest BCUT2D eigenvalue weighted by atomic mass is 9.98. The van der Waals surface area contributed by atoms with Gasteiger partial charge in [0.1, 0.15) is 0 Å². The first-order valence-electron chi connectivity index (χ1n) is 8.27. The number of nitrogens with one attached hydrogen (secondary N) is 1. The molecule has 1 saturated heterocycles. The van der Waals surface area contributed by atoms with Crippen LogP contribution in [0.25, 0.3) is 0 Å². The molecule has 0 saturated carbocycles. The van der Waals surface area contributed by atoms with Crippen molar-refractivity contribution in [2.45, 2.75) is 33.6 Å². The smallest absolute Gasteiger partial charge is 0.310 e. The number of esters is 1. The van der Waals surface area contributed by atoms with E-state index in [0.717, 1.165) is 29.7 Å². The second-order valence-corrected chi connectivity index (χ2v) is 6.05. The third-order valence-electron chi connectivity index (χ3n) is 4.29. The maximum atomic E-state index is 12.4. The summed E-state index contributed by atoms with van der Waals surface area (Å²) in [6, 6.07) is 6.06. The monoisotopic (exact) mass is 318 g/mol. The van der Waals surface area contributed by atoms with Crippen LogP contribution in [0.3, 0.4) is 0 Å². The van der Waals surface area contributed by atoms with Crippen LogP contribution >= 0.6 is 0 Å². The first-order valence-corrected chi connectivity index (χ1v) is 8.27. The normalized spacial score (nSPS) is 17.7. The van der Waals surface area contributed by atoms with Crippen molar-refractivity contribution in [3.63, 3.8) is 0 Å². The molecule has 0 bridgehead atoms. The molecule has 126 valence electrons. The lowest BCUT2D eigenvalue weighted by Crippen LogP contribution is -2.45. The fourth-order valence-electron chi connectivity index (χ4n) is 3.03. The second-order valence-electron chi connectivity index (χ2n) is 6.05. The van der Waals surface area contributed by atoms with Crippen molar-refractivity contribution in [3.8, 4) is 0 Å². The van der Waals surface area contributed by atoms with Gasteiger partial charge in [-0.3, -0.25) is 9.59 Å². The molecule has 1 atom stereocenters. The Bertz CT molecular complexity index is 551. The maximum Gasteiger partial charge on any atom is 0.310 e. The summed E-state index contributed by atoms with van der Waals surface area (Å²) in [5.41, 5.74) is 3.27. The van der Waals surface area contributed by atoms with Gasteiger partial charge in [-0.15, -0.1) is 0 Å². The van der Waals surface area contributed by atoms with Crippen molar-refractivity contribution in [2.75, 3.05) is 31.6 Å². The van der Waals surface area contributed by atoms with Crippen molar-refractivity contribution in [1.29, 1.82) is 0 Å². The van der Waals surface area contributed by atoms with Gasteiger partial charge in [0.2, 0.25) is 5.91 Å². The van der Waals surface area contributed by atoms with Crippen molar-refractivity contribution < 1.29 is 14.3 Å². The SMILES string of the molecule is CCOC(=O)C1CCCN(C(=O)CNc2c(C)cccc2C)C1. The highest BCUT2D eigenvalue weighted by molar-refractivity contribution is 5.82. The van der Waals surface area contributed by atoms with Gasteiger partial charge in [-0.05, 0) is 44.7 Å². The van der Waals surface area contributed by atoms with Crippen molar-refractivity contribution in [1.82, 2.24) is 4.90 Å². The topological polar surface area (TPSA) is 58.6 Å². The molecule has 1 aromatic carbocycles. The predicted octanol–water partition coefficient (Wildman–Crippen LogP) is 2.52. The summed E-state index contributed by atoms with van der Waals surface area (Å²) in [4.78, 5) is 26.1. The number of rotatable bonds is 5. The number of piperidine rings is 1. The number of para-hydroxylation sites is 1. The van der Waals surface area contributed by atoms with Gasteiger partial charge in [-0.25, -0.2) is 0 Å². The molecule has 1 amide bonds. The lowest BCUT2D eigenvalue weighted by molar-refractivity contribution is -0.151. The van der Waals surface area contributed by atoms with Gasteiger partial charge in [-0.1, -0.05) is 18.2 Å². The summed E-state index contributed by atoms with van der Waals surface area (Å²) in [5, 5.41) is 3.24. The van der Waals surface area contributed by atoms with Crippen molar-refractivity contribution >= 4 is 17.6 Å². The number of likely N-dealkylation sites (tertiary alicyclic amines) is 1. The van der Waals surface area contributed by atoms with E-state index in [2.05, 4.69) is 5.32 Å². The Labute approximate surface area is 138 Å². The summed E-state index contributed by atoms with van der Waals surface area (Å²) < 4.78 is 5.08. The van der Waals surface area contributed by atoms with E-state index in [9.17, 15) is 9.59 Å². The predicted molar refractivity (Wildman–Crippen MR) is 90.3 cm³/mol. The average Bonchev–Trinajstić information content (AvgIpc) is 2.54. The van der Waals surface area contributed by atoms with E-state index in [-0.39, 0.29) is 24.3 Å². The van der Waals surface area contributed by atoms with Gasteiger partial charge in [0.05, 0.1) is 19.1 Å². The average molecular weight is 318 g/mol. The van der Waals surface area contributed by atoms with Gasteiger partial charge in [0.25, 0.3) is 0 Å². The third-order valence-corrected chi connectivity index (χ3v) is 4.29. The van der Waals surface area contributed by atoms with E-state index in [1.165, 1.54) is 0 Å². The summed E-state index contributed by atoms with van der Waals surface area (Å²) in [7, 11) is 0. The molecule has 0 radical (unpaired) electrons. The summed E-state index contributed by atoms with van der Waals surface area (Å²) in [6.45, 7) is 7.67. The van der Waals surface area contributed by atoms with E-state index >= 15 is 0 Å². The van der Waals surface area contributed by atoms with Crippen LogP contribution in [-0.4, -0.2) is 43.0 Å². The van der Waals surface area contributed by atoms with Crippen molar-refractivity contribution in [2.24, 2.45) is 5.92 Å². The van der Waals surface area contributed by atoms with Gasteiger partial charge >= 0.3 is 5.97 Å². The van der Waals surface area contributed by atoms with E-state index in [0.29, 0.717) is 19.7 Å². The van der Waals surface area contributed by atoms with Gasteiger partial charge in [0, 0.05) is 18.8 Å². The molecule has 2 rings (SSSR count). The molecule has 5 heteroatoms. The van der Waals surface area contributed by atoms with Crippen LogP contribution in [0.1, 0.15) is 30.9 Å². The first kappa shape index (κ1) is 17.3. The summed E-state index contributed by atoms with van der Waals surface area (Å²) in [5.74, 6) is -0.345.